The molecule has 2 fully saturated rings. The minimum absolute atomic E-state index is 0.254. The third-order valence-corrected chi connectivity index (χ3v) is 22.6. The zero-order chi connectivity index (χ0) is 61.5. The van der Waals surface area contributed by atoms with Crippen LogP contribution in [0.3, 0.4) is 0 Å². The molecule has 0 bridgehead atoms. The predicted molar refractivity (Wildman–Crippen MR) is 373 cm³/mol. The zero-order valence-corrected chi connectivity index (χ0v) is 53.8. The summed E-state index contributed by atoms with van der Waals surface area (Å²) in [5, 5.41) is 0. The topological polar surface area (TPSA) is 34.1 Å². The summed E-state index contributed by atoms with van der Waals surface area (Å²) in [6, 6.07) is 75.3. The van der Waals surface area contributed by atoms with E-state index in [0.717, 1.165) is 11.1 Å². The third kappa shape index (κ3) is 9.15. The van der Waals surface area contributed by atoms with Crippen molar-refractivity contribution in [2.75, 3.05) is 0 Å². The molecule has 0 amide bonds. The molecule has 0 saturated heterocycles. The Morgan fingerprint density at radius 3 is 0.789 bits per heavy atom. The van der Waals surface area contributed by atoms with Gasteiger partial charge < -0.3 is 0 Å². The molecular weight excluding hydrogens is 1090 g/mol. The van der Waals surface area contributed by atoms with Crippen molar-refractivity contribution in [3.05, 3.63) is 306 Å². The molecule has 2 saturated carbocycles. The molecule has 0 radical (unpaired) electrons. The average molecular weight is 1170 g/mol. The zero-order valence-electron chi connectivity index (χ0n) is 53.8. The number of carbonyl (C=O) groups excluding carboxylic acids is 2. The summed E-state index contributed by atoms with van der Waals surface area (Å²) in [5.74, 6) is 0.511. The predicted octanol–water partition coefficient (Wildman–Crippen LogP) is 22.4. The number of Topliss-reactive ketones (excluding diaryl/α,β-unsaturated/α-hetero) is 2. The van der Waals surface area contributed by atoms with Crippen LogP contribution in [0, 0.1) is 41.5 Å². The molecule has 0 N–H and O–H groups in total. The summed E-state index contributed by atoms with van der Waals surface area (Å²) in [6.07, 6.45) is 20.4. The summed E-state index contributed by atoms with van der Waals surface area (Å²) < 4.78 is 0. The van der Waals surface area contributed by atoms with E-state index in [1.54, 1.807) is 22.3 Å². The second-order valence-corrected chi connectivity index (χ2v) is 28.2. The number of hydrogen-bond donors (Lipinski definition) is 0. The van der Waals surface area contributed by atoms with Crippen molar-refractivity contribution < 1.29 is 9.59 Å². The summed E-state index contributed by atoms with van der Waals surface area (Å²) in [7, 11) is 0. The van der Waals surface area contributed by atoms with Crippen LogP contribution in [0.15, 0.2) is 206 Å². The van der Waals surface area contributed by atoms with Crippen molar-refractivity contribution in [1.29, 1.82) is 0 Å². The van der Waals surface area contributed by atoms with Crippen LogP contribution in [0.5, 0.6) is 0 Å². The van der Waals surface area contributed by atoms with Crippen LogP contribution in [0.25, 0.3) is 44.5 Å². The first-order valence-electron chi connectivity index (χ1n) is 34.0. The molecule has 90 heavy (non-hydrogen) atoms. The number of fused-ring (bicyclic) bond motifs is 24. The maximum atomic E-state index is 12.8. The Labute approximate surface area is 534 Å². The van der Waals surface area contributed by atoms with Crippen LogP contribution < -0.4 is 0 Å². The van der Waals surface area contributed by atoms with Gasteiger partial charge in [-0.05, 0) is 167 Å². The lowest BCUT2D eigenvalue weighted by atomic mass is 9.69. The lowest BCUT2D eigenvalue weighted by molar-refractivity contribution is 0.0976. The first kappa shape index (κ1) is 57.9. The molecule has 10 aromatic carbocycles. The molecule has 1 unspecified atom stereocenters. The van der Waals surface area contributed by atoms with Crippen LogP contribution in [0.4, 0.5) is 0 Å². The standard InChI is InChI=1S/C23H18O.C22H16O.C22H26.C21H24/c1-14-7-9-16-17-10-8-15(2)12-21(17)23(20(16)11-14)13-22(24)18-5-3-4-6-19(18)23;1-14-10-11-16-15-6-2-4-8-18(15)22(20(16)12-14)13-21(23)17-7-3-5-9-19(17)22;1-16-8-10-18-19-11-9-17(2)15-21(19)22(20(18)14-16)12-6-4-3-5-7-13-22;1-16-11-12-18-17-9-5-6-10-19(17)21(20(18)15-16)13-7-3-2-4-8-14-21/h3-12H,13H2,1-2H3;2-12H,13H2,1H3;8-11,14-15H,3-7,12-13H2,1-2H3;5-6,9-12,15H,2-4,7-8,13-14H2,1H3. The van der Waals surface area contributed by atoms with Crippen molar-refractivity contribution >= 4 is 11.6 Å². The summed E-state index contributed by atoms with van der Waals surface area (Å²) in [4.78, 5) is 25.5. The van der Waals surface area contributed by atoms with Gasteiger partial charge in [-0.25, -0.2) is 0 Å². The molecule has 0 aliphatic heterocycles. The Balaban J connectivity index is 0.000000100. The molecule has 10 aromatic rings. The van der Waals surface area contributed by atoms with Gasteiger partial charge in [-0.15, -0.1) is 0 Å². The van der Waals surface area contributed by atoms with Crippen LogP contribution in [0.2, 0.25) is 0 Å². The fraction of sp³-hybridized carbons (Fsp3) is 0.295. The molecule has 2 heteroatoms. The van der Waals surface area contributed by atoms with Gasteiger partial charge in [-0.3, -0.25) is 9.59 Å². The van der Waals surface area contributed by atoms with Crippen LogP contribution in [0.1, 0.15) is 212 Å². The van der Waals surface area contributed by atoms with E-state index in [2.05, 4.69) is 224 Å². The highest BCUT2D eigenvalue weighted by Crippen LogP contribution is 2.61. The van der Waals surface area contributed by atoms with Gasteiger partial charge in [0.1, 0.15) is 0 Å². The number of benzene rings is 10. The molecule has 2 nitrogen and oxygen atoms in total. The normalized spacial score (nSPS) is 18.9. The number of rotatable bonds is 0. The monoisotopic (exact) mass is 1170 g/mol. The maximum absolute atomic E-state index is 12.8. The van der Waals surface area contributed by atoms with Crippen molar-refractivity contribution in [2.24, 2.45) is 0 Å². The van der Waals surface area contributed by atoms with Gasteiger partial charge >= 0.3 is 0 Å². The van der Waals surface area contributed by atoms with E-state index in [0.29, 0.717) is 23.7 Å². The van der Waals surface area contributed by atoms with E-state index >= 15 is 0 Å². The fourth-order valence-electron chi connectivity index (χ4n) is 18.5. The average Bonchev–Trinajstić information content (AvgIpc) is 1.55. The largest absolute Gasteiger partial charge is 0.294 e. The molecule has 1 atom stereocenters. The van der Waals surface area contributed by atoms with Crippen LogP contribution in [-0.4, -0.2) is 11.6 Å². The SMILES string of the molecule is Cc1ccc2c(c1)C1(CC(=O)c3ccccc31)c1cc(C)ccc1-2.Cc1ccc2c(c1)C1(CC(=O)c3ccccc31)c1ccccc1-2.Cc1ccc2c(c1)C1(CCCCCCC1)c1cc(C)ccc1-2.Cc1ccc2c(c1)C1(CCCCCCC1)c1ccccc1-2. The molecule has 4 spiro atoms. The molecular formula is C88H84O2. The van der Waals surface area contributed by atoms with Gasteiger partial charge in [-0.1, -0.05) is 304 Å². The Hall–Kier alpha value is -8.46. The fourth-order valence-corrected chi connectivity index (χ4v) is 18.5. The number of aryl methyl sites for hydroxylation is 6. The van der Waals surface area contributed by atoms with Gasteiger partial charge in [0.2, 0.25) is 0 Å². The Morgan fingerprint density at radius 2 is 0.444 bits per heavy atom. The summed E-state index contributed by atoms with van der Waals surface area (Å²) in [6.45, 7) is 13.1. The van der Waals surface area contributed by atoms with Crippen molar-refractivity contribution in [1.82, 2.24) is 0 Å². The second-order valence-electron chi connectivity index (χ2n) is 28.2. The van der Waals surface area contributed by atoms with E-state index in [9.17, 15) is 9.59 Å². The smallest absolute Gasteiger partial charge is 0.164 e. The first-order chi connectivity index (χ1) is 43.8. The van der Waals surface area contributed by atoms with E-state index in [4.69, 9.17) is 0 Å². The Bertz CT molecular complexity index is 4400. The number of ketones is 2. The number of carbonyl (C=O) groups is 2. The van der Waals surface area contributed by atoms with E-state index in [1.807, 2.05) is 24.3 Å². The molecule has 0 heterocycles. The quantitative estimate of drug-likeness (QED) is 0.152. The lowest BCUT2D eigenvalue weighted by Gasteiger charge is -2.34. The highest BCUT2D eigenvalue weighted by atomic mass is 16.1. The molecule has 18 rings (SSSR count). The maximum Gasteiger partial charge on any atom is 0.164 e. The van der Waals surface area contributed by atoms with Crippen molar-refractivity contribution in [2.45, 2.75) is 166 Å². The lowest BCUT2D eigenvalue weighted by Crippen LogP contribution is -2.26. The van der Waals surface area contributed by atoms with Gasteiger partial charge in [0.05, 0.1) is 10.8 Å². The van der Waals surface area contributed by atoms with E-state index < -0.39 is 0 Å². The van der Waals surface area contributed by atoms with Crippen LogP contribution >= 0.6 is 0 Å². The summed E-state index contributed by atoms with van der Waals surface area (Å²) in [5.41, 5.74) is 34.8. The highest BCUT2D eigenvalue weighted by molar-refractivity contribution is 6.07. The molecule has 448 valence electrons. The third-order valence-electron chi connectivity index (χ3n) is 22.6. The van der Waals surface area contributed by atoms with E-state index in [-0.39, 0.29) is 22.4 Å². The summed E-state index contributed by atoms with van der Waals surface area (Å²) >= 11 is 0. The Morgan fingerprint density at radius 1 is 0.222 bits per heavy atom. The van der Waals surface area contributed by atoms with E-state index in [1.165, 1.54) is 201 Å². The highest BCUT2D eigenvalue weighted by Gasteiger charge is 2.53. The minimum Gasteiger partial charge on any atom is -0.294 e. The second kappa shape index (κ2) is 22.8. The van der Waals surface area contributed by atoms with Crippen molar-refractivity contribution in [3.8, 4) is 44.5 Å². The van der Waals surface area contributed by atoms with Gasteiger partial charge in [-0.2, -0.15) is 0 Å². The van der Waals surface area contributed by atoms with Gasteiger partial charge in [0.15, 0.2) is 11.6 Å². The molecule has 8 aliphatic carbocycles. The van der Waals surface area contributed by atoms with Gasteiger partial charge in [0, 0.05) is 34.8 Å². The number of hydrogen-bond acceptors (Lipinski definition) is 2. The van der Waals surface area contributed by atoms with Crippen LogP contribution in [-0.2, 0) is 21.7 Å². The van der Waals surface area contributed by atoms with Gasteiger partial charge in [0.25, 0.3) is 0 Å². The first-order valence-corrected chi connectivity index (χ1v) is 34.0. The Kier molecular flexibility index (Phi) is 14.7. The minimum atomic E-state index is -0.309. The molecule has 8 aliphatic rings. The van der Waals surface area contributed by atoms with Crippen molar-refractivity contribution in [3.63, 3.8) is 0 Å². The molecule has 0 aromatic heterocycles.